The van der Waals surface area contributed by atoms with Gasteiger partial charge < -0.3 is 9.64 Å². The highest BCUT2D eigenvalue weighted by molar-refractivity contribution is 5.30. The van der Waals surface area contributed by atoms with Crippen molar-refractivity contribution in [3.8, 4) is 0 Å². The first kappa shape index (κ1) is 18.8. The van der Waals surface area contributed by atoms with Gasteiger partial charge in [-0.15, -0.1) is 5.10 Å². The van der Waals surface area contributed by atoms with Gasteiger partial charge in [0.05, 0.1) is 24.3 Å². The Bertz CT molecular complexity index is 747. The van der Waals surface area contributed by atoms with Crippen LogP contribution in [0.4, 0.5) is 13.2 Å². The highest BCUT2D eigenvalue weighted by Gasteiger charge is 2.37. The number of alkyl halides is 3. The summed E-state index contributed by atoms with van der Waals surface area (Å²) in [6.45, 7) is 8.36. The fourth-order valence-corrected chi connectivity index (χ4v) is 3.24. The molecular formula is C17H23F3N5O+. The highest BCUT2D eigenvalue weighted by atomic mass is 19.4. The zero-order valence-electron chi connectivity index (χ0n) is 15.0. The molecule has 26 heavy (non-hydrogen) atoms. The molecule has 0 amide bonds. The first-order valence-electron chi connectivity index (χ1n) is 8.56. The molecule has 9 heteroatoms. The van der Waals surface area contributed by atoms with E-state index >= 15 is 0 Å². The van der Waals surface area contributed by atoms with Gasteiger partial charge in [-0.3, -0.25) is 0 Å². The van der Waals surface area contributed by atoms with E-state index in [9.17, 15) is 13.2 Å². The third-order valence-electron chi connectivity index (χ3n) is 4.48. The predicted octanol–water partition coefficient (Wildman–Crippen LogP) is 1.45. The quantitative estimate of drug-likeness (QED) is 0.889. The average molecular weight is 370 g/mol. The van der Waals surface area contributed by atoms with E-state index in [0.717, 1.165) is 11.0 Å². The van der Waals surface area contributed by atoms with Crippen LogP contribution >= 0.6 is 0 Å². The largest absolute Gasteiger partial charge is 0.416 e. The number of nitrogens with one attached hydrogen (secondary N) is 1. The number of hydrogen-bond acceptors (Lipinski definition) is 4. The molecule has 0 saturated carbocycles. The Morgan fingerprint density at radius 2 is 1.85 bits per heavy atom. The van der Waals surface area contributed by atoms with Crippen LogP contribution in [0.15, 0.2) is 24.3 Å². The van der Waals surface area contributed by atoms with E-state index in [4.69, 9.17) is 4.74 Å². The number of halogens is 3. The summed E-state index contributed by atoms with van der Waals surface area (Å²) >= 11 is 0. The topological polar surface area (TPSA) is 57.3 Å². The van der Waals surface area contributed by atoms with E-state index in [-0.39, 0.29) is 5.54 Å². The van der Waals surface area contributed by atoms with E-state index in [0.29, 0.717) is 37.7 Å². The van der Waals surface area contributed by atoms with Crippen molar-refractivity contribution in [1.82, 2.24) is 20.2 Å². The highest BCUT2D eigenvalue weighted by Crippen LogP contribution is 2.31. The number of quaternary nitrogens is 1. The summed E-state index contributed by atoms with van der Waals surface area (Å²) in [4.78, 5) is 1.09. The third-order valence-corrected chi connectivity index (χ3v) is 4.48. The molecule has 1 atom stereocenters. The lowest BCUT2D eigenvalue weighted by Crippen LogP contribution is -3.14. The summed E-state index contributed by atoms with van der Waals surface area (Å²) in [5, 5.41) is 12.1. The summed E-state index contributed by atoms with van der Waals surface area (Å²) in [5.74, 6) is 0.564. The zero-order chi connectivity index (χ0) is 18.9. The van der Waals surface area contributed by atoms with Gasteiger partial charge in [-0.05, 0) is 43.3 Å². The lowest BCUT2D eigenvalue weighted by Gasteiger charge is -2.32. The minimum Gasteiger partial charge on any atom is -0.370 e. The summed E-state index contributed by atoms with van der Waals surface area (Å²) in [7, 11) is 0. The van der Waals surface area contributed by atoms with Crippen molar-refractivity contribution >= 4 is 0 Å². The van der Waals surface area contributed by atoms with Crippen LogP contribution in [0.3, 0.4) is 0 Å². The van der Waals surface area contributed by atoms with Crippen LogP contribution in [0, 0.1) is 0 Å². The normalized spacial score (nSPS) is 18.1. The van der Waals surface area contributed by atoms with Gasteiger partial charge in [0, 0.05) is 5.56 Å². The van der Waals surface area contributed by atoms with Crippen molar-refractivity contribution in [1.29, 1.82) is 0 Å². The monoisotopic (exact) mass is 370 g/mol. The van der Waals surface area contributed by atoms with Crippen molar-refractivity contribution in [3.63, 3.8) is 0 Å². The molecule has 0 radical (unpaired) electrons. The van der Waals surface area contributed by atoms with E-state index in [1.165, 1.54) is 12.1 Å². The number of tetrazole rings is 1. The number of hydrogen-bond donors (Lipinski definition) is 1. The molecule has 1 aliphatic heterocycles. The van der Waals surface area contributed by atoms with Crippen molar-refractivity contribution in [2.75, 3.05) is 26.3 Å². The molecule has 1 saturated heterocycles. The smallest absolute Gasteiger partial charge is 0.370 e. The van der Waals surface area contributed by atoms with Gasteiger partial charge in [0.15, 0.2) is 6.04 Å². The number of ether oxygens (including phenoxy) is 1. The second-order valence-corrected chi connectivity index (χ2v) is 7.45. The summed E-state index contributed by atoms with van der Waals surface area (Å²) in [6.07, 6.45) is -4.39. The first-order chi connectivity index (χ1) is 12.2. The fraction of sp³-hybridized carbons (Fsp3) is 0.588. The van der Waals surface area contributed by atoms with Crippen molar-refractivity contribution in [2.45, 2.75) is 38.5 Å². The molecule has 1 aromatic heterocycles. The number of morpholine rings is 1. The van der Waals surface area contributed by atoms with Crippen LogP contribution in [-0.4, -0.2) is 46.5 Å². The molecule has 1 fully saturated rings. The molecule has 2 aromatic rings. The Kier molecular flexibility index (Phi) is 5.03. The number of rotatable bonds is 3. The summed E-state index contributed by atoms with van der Waals surface area (Å²) < 4.78 is 46.8. The van der Waals surface area contributed by atoms with Gasteiger partial charge in [-0.1, -0.05) is 12.1 Å². The molecule has 0 bridgehead atoms. The molecular weight excluding hydrogens is 347 g/mol. The van der Waals surface area contributed by atoms with E-state index < -0.39 is 17.8 Å². The van der Waals surface area contributed by atoms with Crippen LogP contribution in [0.5, 0.6) is 0 Å². The Morgan fingerprint density at radius 1 is 1.15 bits per heavy atom. The Labute approximate surface area is 149 Å². The summed E-state index contributed by atoms with van der Waals surface area (Å²) in [6, 6.07) is 5.05. The number of aromatic nitrogens is 4. The van der Waals surface area contributed by atoms with Crippen LogP contribution < -0.4 is 4.90 Å². The molecule has 3 rings (SSSR count). The SMILES string of the molecule is CC(C)(C)n1nnnc1[C@H](c1cccc(C(F)(F)F)c1)[NH+]1CCOCC1. The zero-order valence-corrected chi connectivity index (χ0v) is 15.0. The molecule has 0 unspecified atom stereocenters. The molecule has 0 spiro atoms. The molecule has 1 aliphatic rings. The second kappa shape index (κ2) is 6.96. The maximum atomic E-state index is 13.2. The second-order valence-electron chi connectivity index (χ2n) is 7.45. The average Bonchev–Trinajstić information content (AvgIpc) is 3.05. The first-order valence-corrected chi connectivity index (χ1v) is 8.56. The van der Waals surface area contributed by atoms with Crippen LogP contribution in [0.2, 0.25) is 0 Å². The van der Waals surface area contributed by atoms with Crippen molar-refractivity contribution < 1.29 is 22.8 Å². The molecule has 6 nitrogen and oxygen atoms in total. The third kappa shape index (κ3) is 3.88. The standard InChI is InChI=1S/C17H22F3N5O/c1-16(2,3)25-15(21-22-23-25)14(24-7-9-26-10-8-24)12-5-4-6-13(11-12)17(18,19)20/h4-6,11,14H,7-10H2,1-3H3/p+1/t14-/m0/s1. The van der Waals surface area contributed by atoms with Crippen LogP contribution in [-0.2, 0) is 16.5 Å². The molecule has 1 N–H and O–H groups in total. The Hall–Kier alpha value is -2.00. The molecule has 2 heterocycles. The van der Waals surface area contributed by atoms with Gasteiger partial charge in [0.25, 0.3) is 0 Å². The fourth-order valence-electron chi connectivity index (χ4n) is 3.24. The minimum absolute atomic E-state index is 0.384. The molecule has 0 aliphatic carbocycles. The van der Waals surface area contributed by atoms with Gasteiger partial charge >= 0.3 is 6.18 Å². The van der Waals surface area contributed by atoms with E-state index in [1.54, 1.807) is 10.7 Å². The minimum atomic E-state index is -4.39. The van der Waals surface area contributed by atoms with Gasteiger partial charge in [-0.25, -0.2) is 4.68 Å². The van der Waals surface area contributed by atoms with E-state index in [1.807, 2.05) is 20.8 Å². The molecule has 142 valence electrons. The Balaban J connectivity index is 2.10. The van der Waals surface area contributed by atoms with Crippen LogP contribution in [0.25, 0.3) is 0 Å². The van der Waals surface area contributed by atoms with E-state index in [2.05, 4.69) is 15.5 Å². The number of benzene rings is 1. The predicted molar refractivity (Wildman–Crippen MR) is 87.6 cm³/mol. The van der Waals surface area contributed by atoms with Crippen LogP contribution in [0.1, 0.15) is 43.8 Å². The van der Waals surface area contributed by atoms with Gasteiger partial charge in [-0.2, -0.15) is 13.2 Å². The number of nitrogens with zero attached hydrogens (tertiary/aromatic N) is 4. The van der Waals surface area contributed by atoms with Crippen molar-refractivity contribution in [2.24, 2.45) is 0 Å². The maximum Gasteiger partial charge on any atom is 0.416 e. The maximum absolute atomic E-state index is 13.2. The lowest BCUT2D eigenvalue weighted by atomic mass is 9.99. The Morgan fingerprint density at radius 3 is 2.46 bits per heavy atom. The van der Waals surface area contributed by atoms with Gasteiger partial charge in [0.2, 0.25) is 5.82 Å². The lowest BCUT2D eigenvalue weighted by molar-refractivity contribution is -0.933. The van der Waals surface area contributed by atoms with Crippen molar-refractivity contribution in [3.05, 3.63) is 41.2 Å². The molecule has 1 aromatic carbocycles. The summed E-state index contributed by atoms with van der Waals surface area (Å²) in [5.41, 5.74) is -0.496. The van der Waals surface area contributed by atoms with Gasteiger partial charge in [0.1, 0.15) is 13.1 Å².